The second kappa shape index (κ2) is 7.24. The Morgan fingerprint density at radius 1 is 1.24 bits per heavy atom. The minimum atomic E-state index is -0.526. The monoisotopic (exact) mass is 350 g/mol. The van der Waals surface area contributed by atoms with Crippen LogP contribution in [0.25, 0.3) is 0 Å². The molecule has 0 radical (unpaired) electrons. The van der Waals surface area contributed by atoms with Crippen molar-refractivity contribution in [1.82, 2.24) is 0 Å². The highest BCUT2D eigenvalue weighted by Gasteiger charge is 2.20. The van der Waals surface area contributed by atoms with Crippen molar-refractivity contribution < 1.29 is 19.4 Å². The maximum atomic E-state index is 12.3. The second-order valence-corrected chi connectivity index (χ2v) is 5.29. The Balaban J connectivity index is 2.18. The van der Waals surface area contributed by atoms with Gasteiger partial charge in [0.15, 0.2) is 24.1 Å². The number of carbonyl (C=O) groups is 1. The molecule has 0 amide bonds. The topological polar surface area (TPSA) is 55.8 Å². The van der Waals surface area contributed by atoms with Crippen LogP contribution in [0.4, 0.5) is 0 Å². The number of hydrogen-bond acceptors (Lipinski definition) is 4. The first-order valence-electron chi connectivity index (χ1n) is 6.31. The van der Waals surface area contributed by atoms with E-state index in [9.17, 15) is 9.90 Å². The quantitative estimate of drug-likeness (QED) is 0.490. The molecule has 0 bridgehead atoms. The van der Waals surface area contributed by atoms with Crippen molar-refractivity contribution in [2.24, 2.45) is 0 Å². The number of halogens is 1. The third-order valence-electron chi connectivity index (χ3n) is 2.90. The van der Waals surface area contributed by atoms with Crippen LogP contribution in [0.2, 0.25) is 0 Å². The molecular weight excluding hydrogens is 336 g/mol. The fraction of sp³-hybridized carbons (Fsp3) is 0.188. The van der Waals surface area contributed by atoms with Crippen LogP contribution in [-0.2, 0) is 4.74 Å². The molecule has 1 unspecified atom stereocenters. The zero-order valence-corrected chi connectivity index (χ0v) is 13.0. The Labute approximate surface area is 131 Å². The first-order valence-corrected chi connectivity index (χ1v) is 7.23. The van der Waals surface area contributed by atoms with Gasteiger partial charge in [0, 0.05) is 12.7 Å². The number of rotatable bonds is 6. The van der Waals surface area contributed by atoms with E-state index in [4.69, 9.17) is 9.47 Å². The molecule has 21 heavy (non-hydrogen) atoms. The molecule has 0 aliphatic carbocycles. The smallest absolute Gasteiger partial charge is 0.188 e. The average Bonchev–Trinajstić information content (AvgIpc) is 2.53. The summed E-state index contributed by atoms with van der Waals surface area (Å²) in [5, 5.41) is 9.91. The summed E-state index contributed by atoms with van der Waals surface area (Å²) in [7, 11) is 1.50. The molecule has 1 N–H and O–H groups in total. The maximum Gasteiger partial charge on any atom is 0.188 e. The molecule has 0 saturated carbocycles. The minimum absolute atomic E-state index is 0.0325. The number of hydrogen-bond donors (Lipinski definition) is 1. The number of benzene rings is 2. The van der Waals surface area contributed by atoms with Gasteiger partial charge in [0.05, 0.1) is 0 Å². The summed E-state index contributed by atoms with van der Waals surface area (Å²) in [4.78, 5) is 11.8. The van der Waals surface area contributed by atoms with E-state index in [0.29, 0.717) is 16.9 Å². The van der Waals surface area contributed by atoms with Gasteiger partial charge in [-0.2, -0.15) is 0 Å². The molecule has 2 aromatic rings. The Kier molecular flexibility index (Phi) is 5.36. The standard InChI is InChI=1S/C16H15BrO4/c1-20-10-21-14-8-7-12(9-13(14)18)15(17)16(19)11-5-3-2-4-6-11/h2-9,15,18H,10H2,1H3. The summed E-state index contributed by atoms with van der Waals surface area (Å²) >= 11 is 3.37. The normalized spacial score (nSPS) is 11.9. The van der Waals surface area contributed by atoms with Gasteiger partial charge in [-0.25, -0.2) is 0 Å². The third kappa shape index (κ3) is 3.83. The molecule has 0 fully saturated rings. The fourth-order valence-electron chi connectivity index (χ4n) is 1.84. The van der Waals surface area contributed by atoms with Gasteiger partial charge in [-0.3, -0.25) is 4.79 Å². The highest BCUT2D eigenvalue weighted by Crippen LogP contribution is 2.34. The number of alkyl halides is 1. The molecule has 0 heterocycles. The summed E-state index contributed by atoms with van der Waals surface area (Å²) in [5.41, 5.74) is 1.27. The Morgan fingerprint density at radius 2 is 1.95 bits per heavy atom. The minimum Gasteiger partial charge on any atom is -0.504 e. The van der Waals surface area contributed by atoms with E-state index in [-0.39, 0.29) is 18.3 Å². The highest BCUT2D eigenvalue weighted by molar-refractivity contribution is 9.09. The molecule has 4 nitrogen and oxygen atoms in total. The van der Waals surface area contributed by atoms with Gasteiger partial charge in [0.25, 0.3) is 0 Å². The number of phenolic OH excluding ortho intramolecular Hbond substituents is 1. The molecule has 0 aliphatic rings. The predicted octanol–water partition coefficient (Wildman–Crippen LogP) is 3.69. The SMILES string of the molecule is COCOc1ccc(C(Br)C(=O)c2ccccc2)cc1O. The van der Waals surface area contributed by atoms with E-state index < -0.39 is 4.83 Å². The fourth-order valence-corrected chi connectivity index (χ4v) is 2.39. The van der Waals surface area contributed by atoms with Gasteiger partial charge in [-0.05, 0) is 17.7 Å². The van der Waals surface area contributed by atoms with Crippen LogP contribution in [-0.4, -0.2) is 24.8 Å². The van der Waals surface area contributed by atoms with E-state index in [1.165, 1.54) is 13.2 Å². The maximum absolute atomic E-state index is 12.3. The number of ether oxygens (including phenoxy) is 2. The Morgan fingerprint density at radius 3 is 2.57 bits per heavy atom. The van der Waals surface area contributed by atoms with Crippen molar-refractivity contribution in [2.45, 2.75) is 4.83 Å². The Bertz CT molecular complexity index is 613. The van der Waals surface area contributed by atoms with E-state index in [0.717, 1.165) is 0 Å². The van der Waals surface area contributed by atoms with Crippen LogP contribution >= 0.6 is 15.9 Å². The van der Waals surface area contributed by atoms with E-state index in [1.54, 1.807) is 24.3 Å². The van der Waals surface area contributed by atoms with Crippen LogP contribution < -0.4 is 4.74 Å². The van der Waals surface area contributed by atoms with Crippen molar-refractivity contribution in [3.8, 4) is 11.5 Å². The van der Waals surface area contributed by atoms with Gasteiger partial charge in [-0.15, -0.1) is 0 Å². The molecule has 1 atom stereocenters. The molecule has 5 heteroatoms. The molecule has 110 valence electrons. The number of Topliss-reactive ketones (excluding diaryl/α,β-unsaturated/α-hetero) is 1. The summed E-state index contributed by atoms with van der Waals surface area (Å²) in [6, 6.07) is 13.8. The van der Waals surface area contributed by atoms with Crippen LogP contribution in [0.15, 0.2) is 48.5 Å². The summed E-state index contributed by atoms with van der Waals surface area (Å²) < 4.78 is 9.97. The van der Waals surface area contributed by atoms with Crippen LogP contribution in [0.5, 0.6) is 11.5 Å². The summed E-state index contributed by atoms with van der Waals surface area (Å²) in [6.07, 6.45) is 0. The van der Waals surface area contributed by atoms with Gasteiger partial charge < -0.3 is 14.6 Å². The van der Waals surface area contributed by atoms with Crippen molar-refractivity contribution in [3.05, 3.63) is 59.7 Å². The average molecular weight is 351 g/mol. The molecular formula is C16H15BrO4. The lowest BCUT2D eigenvalue weighted by molar-refractivity contribution is 0.0492. The van der Waals surface area contributed by atoms with Gasteiger partial charge in [0.1, 0.15) is 4.83 Å². The molecule has 2 aromatic carbocycles. The molecule has 0 saturated heterocycles. The van der Waals surface area contributed by atoms with E-state index in [2.05, 4.69) is 15.9 Å². The largest absolute Gasteiger partial charge is 0.504 e. The van der Waals surface area contributed by atoms with Crippen molar-refractivity contribution in [1.29, 1.82) is 0 Å². The molecule has 0 spiro atoms. The molecule has 0 aromatic heterocycles. The predicted molar refractivity (Wildman–Crippen MR) is 83.1 cm³/mol. The number of ketones is 1. The van der Waals surface area contributed by atoms with Gasteiger partial charge in [-0.1, -0.05) is 52.3 Å². The summed E-state index contributed by atoms with van der Waals surface area (Å²) in [5.74, 6) is 0.211. The number of carbonyl (C=O) groups excluding carboxylic acids is 1. The molecule has 2 rings (SSSR count). The van der Waals surface area contributed by atoms with Crippen LogP contribution in [0.3, 0.4) is 0 Å². The zero-order chi connectivity index (χ0) is 15.2. The van der Waals surface area contributed by atoms with Gasteiger partial charge in [0.2, 0.25) is 0 Å². The van der Waals surface area contributed by atoms with Crippen molar-refractivity contribution in [2.75, 3.05) is 13.9 Å². The van der Waals surface area contributed by atoms with Crippen LogP contribution in [0, 0.1) is 0 Å². The van der Waals surface area contributed by atoms with Crippen molar-refractivity contribution in [3.63, 3.8) is 0 Å². The number of methoxy groups -OCH3 is 1. The third-order valence-corrected chi connectivity index (χ3v) is 3.84. The Hall–Kier alpha value is -1.85. The van der Waals surface area contributed by atoms with Crippen LogP contribution in [0.1, 0.15) is 20.7 Å². The number of aromatic hydroxyl groups is 1. The van der Waals surface area contributed by atoms with E-state index in [1.807, 2.05) is 18.2 Å². The first-order chi connectivity index (χ1) is 10.1. The molecule has 0 aliphatic heterocycles. The van der Waals surface area contributed by atoms with Gasteiger partial charge >= 0.3 is 0 Å². The van der Waals surface area contributed by atoms with E-state index >= 15 is 0 Å². The lowest BCUT2D eigenvalue weighted by atomic mass is 10.0. The number of phenols is 1. The lowest BCUT2D eigenvalue weighted by Gasteiger charge is -2.12. The lowest BCUT2D eigenvalue weighted by Crippen LogP contribution is -2.07. The first kappa shape index (κ1) is 15.5. The van der Waals surface area contributed by atoms with Crippen molar-refractivity contribution >= 4 is 21.7 Å². The highest BCUT2D eigenvalue weighted by atomic mass is 79.9. The summed E-state index contributed by atoms with van der Waals surface area (Å²) in [6.45, 7) is 0.0492. The second-order valence-electron chi connectivity index (χ2n) is 4.37. The zero-order valence-electron chi connectivity index (χ0n) is 11.5.